The molecule has 0 amide bonds. The fourth-order valence-corrected chi connectivity index (χ4v) is 3.48. The molecule has 1 aromatic carbocycles. The number of benzene rings is 1. The molecule has 20 heavy (non-hydrogen) atoms. The van der Waals surface area contributed by atoms with Crippen molar-refractivity contribution in [2.75, 3.05) is 0 Å². The predicted molar refractivity (Wildman–Crippen MR) is 79.9 cm³/mol. The van der Waals surface area contributed by atoms with Crippen LogP contribution in [0, 0.1) is 6.92 Å². The van der Waals surface area contributed by atoms with Gasteiger partial charge in [-0.2, -0.15) is 0 Å². The van der Waals surface area contributed by atoms with Crippen molar-refractivity contribution in [2.45, 2.75) is 31.3 Å². The Kier molecular flexibility index (Phi) is 4.54. The smallest absolute Gasteiger partial charge is 0.240 e. The largest absolute Gasteiger partial charge is 0.324 e. The molecule has 2 rings (SSSR count). The molecule has 0 aliphatic heterocycles. The summed E-state index contributed by atoms with van der Waals surface area (Å²) in [5.74, 6) is 0. The average molecular weight is 311 g/mol. The Balaban J connectivity index is 2.09. The number of nitrogens with two attached hydrogens (primary N) is 1. The number of aryl methyl sites for hydroxylation is 1. The Morgan fingerprint density at radius 1 is 1.35 bits per heavy atom. The lowest BCUT2D eigenvalue weighted by molar-refractivity contribution is 0.581. The molecule has 108 valence electrons. The minimum Gasteiger partial charge on any atom is -0.324 e. The van der Waals surface area contributed by atoms with E-state index in [-0.39, 0.29) is 17.5 Å². The van der Waals surface area contributed by atoms with Crippen molar-refractivity contribution in [3.63, 3.8) is 0 Å². The van der Waals surface area contributed by atoms with Crippen LogP contribution in [0.2, 0.25) is 0 Å². The number of hydrogen-bond donors (Lipinski definition) is 2. The van der Waals surface area contributed by atoms with Crippen LogP contribution in [0.1, 0.15) is 28.4 Å². The van der Waals surface area contributed by atoms with Gasteiger partial charge in [-0.3, -0.25) is 0 Å². The van der Waals surface area contributed by atoms with Gasteiger partial charge in [0.25, 0.3) is 0 Å². The SMILES string of the molecule is Cc1cnc(CNS(=O)(=O)c2ccc(C(C)N)cc2)s1. The molecular weight excluding hydrogens is 294 g/mol. The number of rotatable bonds is 5. The van der Waals surface area contributed by atoms with Crippen LogP contribution in [0.15, 0.2) is 35.4 Å². The van der Waals surface area contributed by atoms with E-state index in [0.717, 1.165) is 15.4 Å². The van der Waals surface area contributed by atoms with Gasteiger partial charge in [-0.25, -0.2) is 18.1 Å². The zero-order valence-corrected chi connectivity index (χ0v) is 13.0. The van der Waals surface area contributed by atoms with E-state index in [0.29, 0.717) is 0 Å². The zero-order chi connectivity index (χ0) is 14.8. The monoisotopic (exact) mass is 311 g/mol. The van der Waals surface area contributed by atoms with Gasteiger partial charge in [0.05, 0.1) is 11.4 Å². The third kappa shape index (κ3) is 3.63. The fourth-order valence-electron chi connectivity index (χ4n) is 1.67. The Morgan fingerprint density at radius 2 is 2.00 bits per heavy atom. The van der Waals surface area contributed by atoms with Crippen LogP contribution >= 0.6 is 11.3 Å². The van der Waals surface area contributed by atoms with Crippen molar-refractivity contribution in [1.29, 1.82) is 0 Å². The van der Waals surface area contributed by atoms with Crippen LogP contribution < -0.4 is 10.5 Å². The topological polar surface area (TPSA) is 85.1 Å². The molecule has 2 aromatic rings. The van der Waals surface area contributed by atoms with Crippen LogP contribution in [-0.2, 0) is 16.6 Å². The van der Waals surface area contributed by atoms with Gasteiger partial charge in [0.15, 0.2) is 0 Å². The first-order valence-electron chi connectivity index (χ1n) is 6.15. The van der Waals surface area contributed by atoms with E-state index in [4.69, 9.17) is 5.73 Å². The molecule has 0 bridgehead atoms. The molecule has 5 nitrogen and oxygen atoms in total. The second kappa shape index (κ2) is 6.01. The maximum atomic E-state index is 12.1. The molecule has 0 saturated heterocycles. The number of nitrogens with zero attached hydrogens (tertiary/aromatic N) is 1. The van der Waals surface area contributed by atoms with Gasteiger partial charge in [-0.15, -0.1) is 11.3 Å². The summed E-state index contributed by atoms with van der Waals surface area (Å²) in [6, 6.07) is 6.47. The zero-order valence-electron chi connectivity index (χ0n) is 11.3. The second-order valence-electron chi connectivity index (χ2n) is 4.55. The number of thiazole rings is 1. The van der Waals surface area contributed by atoms with Gasteiger partial charge in [0.1, 0.15) is 5.01 Å². The summed E-state index contributed by atoms with van der Waals surface area (Å²) in [6.45, 7) is 3.99. The Morgan fingerprint density at radius 3 is 2.50 bits per heavy atom. The van der Waals surface area contributed by atoms with Crippen LogP contribution in [0.25, 0.3) is 0 Å². The van der Waals surface area contributed by atoms with E-state index in [2.05, 4.69) is 9.71 Å². The summed E-state index contributed by atoms with van der Waals surface area (Å²) in [5.41, 5.74) is 6.64. The van der Waals surface area contributed by atoms with E-state index in [9.17, 15) is 8.42 Å². The van der Waals surface area contributed by atoms with Crippen LogP contribution in [0.4, 0.5) is 0 Å². The Hall–Kier alpha value is -1.28. The van der Waals surface area contributed by atoms with Crippen molar-refractivity contribution in [2.24, 2.45) is 5.73 Å². The highest BCUT2D eigenvalue weighted by molar-refractivity contribution is 7.89. The average Bonchev–Trinajstić information content (AvgIpc) is 2.82. The lowest BCUT2D eigenvalue weighted by Gasteiger charge is -2.08. The molecular formula is C13H17N3O2S2. The normalized spacial score (nSPS) is 13.3. The summed E-state index contributed by atoms with van der Waals surface area (Å²) in [4.78, 5) is 5.41. The molecule has 1 unspecified atom stereocenters. The van der Waals surface area contributed by atoms with Gasteiger partial charge in [-0.1, -0.05) is 12.1 Å². The van der Waals surface area contributed by atoms with Crippen molar-refractivity contribution >= 4 is 21.4 Å². The maximum Gasteiger partial charge on any atom is 0.240 e. The minimum absolute atomic E-state index is 0.113. The Labute approximate surface area is 122 Å². The molecule has 0 spiro atoms. The van der Waals surface area contributed by atoms with Gasteiger partial charge in [-0.05, 0) is 31.5 Å². The minimum atomic E-state index is -3.52. The summed E-state index contributed by atoms with van der Waals surface area (Å²) >= 11 is 1.48. The number of hydrogen-bond acceptors (Lipinski definition) is 5. The molecule has 7 heteroatoms. The van der Waals surface area contributed by atoms with Crippen molar-refractivity contribution < 1.29 is 8.42 Å². The van der Waals surface area contributed by atoms with E-state index in [1.54, 1.807) is 30.5 Å². The summed E-state index contributed by atoms with van der Waals surface area (Å²) in [5, 5.41) is 0.748. The lowest BCUT2D eigenvalue weighted by atomic mass is 10.1. The van der Waals surface area contributed by atoms with Crippen molar-refractivity contribution in [3.05, 3.63) is 45.9 Å². The summed E-state index contributed by atoms with van der Waals surface area (Å²) in [6.07, 6.45) is 1.73. The van der Waals surface area contributed by atoms with Crippen LogP contribution in [-0.4, -0.2) is 13.4 Å². The highest BCUT2D eigenvalue weighted by Gasteiger charge is 2.14. The van der Waals surface area contributed by atoms with Crippen LogP contribution in [0.3, 0.4) is 0 Å². The molecule has 0 aliphatic rings. The second-order valence-corrected chi connectivity index (χ2v) is 7.63. The summed E-state index contributed by atoms with van der Waals surface area (Å²) < 4.78 is 26.8. The van der Waals surface area contributed by atoms with Crippen molar-refractivity contribution in [1.82, 2.24) is 9.71 Å². The Bertz CT molecular complexity index is 676. The number of sulfonamides is 1. The standard InChI is InChI=1S/C13H17N3O2S2/c1-9-7-15-13(19-9)8-16-20(17,18)12-5-3-11(4-6-12)10(2)14/h3-7,10,16H,8,14H2,1-2H3. The van der Waals surface area contributed by atoms with Gasteiger partial charge in [0.2, 0.25) is 10.0 Å². The molecule has 1 heterocycles. The van der Waals surface area contributed by atoms with E-state index < -0.39 is 10.0 Å². The third-order valence-corrected chi connectivity index (χ3v) is 5.13. The van der Waals surface area contributed by atoms with E-state index >= 15 is 0 Å². The fraction of sp³-hybridized carbons (Fsp3) is 0.308. The first-order chi connectivity index (χ1) is 9.38. The molecule has 0 saturated carbocycles. The van der Waals surface area contributed by atoms with Gasteiger partial charge >= 0.3 is 0 Å². The van der Waals surface area contributed by atoms with Gasteiger partial charge < -0.3 is 5.73 Å². The molecule has 0 fully saturated rings. The summed E-state index contributed by atoms with van der Waals surface area (Å²) in [7, 11) is -3.52. The molecule has 1 atom stereocenters. The molecule has 0 radical (unpaired) electrons. The molecule has 0 aliphatic carbocycles. The van der Waals surface area contributed by atoms with Gasteiger partial charge in [0, 0.05) is 17.1 Å². The first-order valence-corrected chi connectivity index (χ1v) is 8.45. The van der Waals surface area contributed by atoms with E-state index in [1.807, 2.05) is 13.8 Å². The number of nitrogens with one attached hydrogen (secondary N) is 1. The molecule has 1 aromatic heterocycles. The quantitative estimate of drug-likeness (QED) is 0.884. The molecule has 3 N–H and O–H groups in total. The predicted octanol–water partition coefficient (Wildman–Crippen LogP) is 1.95. The van der Waals surface area contributed by atoms with E-state index in [1.165, 1.54) is 11.3 Å². The van der Waals surface area contributed by atoms with Crippen molar-refractivity contribution in [3.8, 4) is 0 Å². The maximum absolute atomic E-state index is 12.1. The third-order valence-electron chi connectivity index (χ3n) is 2.80. The highest BCUT2D eigenvalue weighted by Crippen LogP contribution is 2.16. The number of aromatic nitrogens is 1. The van der Waals surface area contributed by atoms with Crippen LogP contribution in [0.5, 0.6) is 0 Å². The lowest BCUT2D eigenvalue weighted by Crippen LogP contribution is -2.23. The highest BCUT2D eigenvalue weighted by atomic mass is 32.2. The first kappa shape index (κ1) is 15.1.